The van der Waals surface area contributed by atoms with Crippen molar-refractivity contribution >= 4 is 11.6 Å². The zero-order valence-corrected chi connectivity index (χ0v) is 18.9. The van der Waals surface area contributed by atoms with Gasteiger partial charge in [0, 0.05) is 55.3 Å². The van der Waals surface area contributed by atoms with E-state index in [1.165, 1.54) is 4.68 Å². The molecular weight excluding hydrogens is 407 g/mol. The molecule has 1 aliphatic heterocycles. The molecule has 0 aliphatic carbocycles. The van der Waals surface area contributed by atoms with Crippen molar-refractivity contribution in [2.24, 2.45) is 7.05 Å². The Morgan fingerprint density at radius 3 is 2.62 bits per heavy atom. The molecule has 4 aromatic rings. The first-order valence-corrected chi connectivity index (χ1v) is 10.7. The Hall–Kier alpha value is -3.55. The van der Waals surface area contributed by atoms with Crippen LogP contribution in [0.5, 0.6) is 0 Å². The van der Waals surface area contributed by atoms with E-state index < -0.39 is 0 Å². The molecule has 0 saturated carbocycles. The third kappa shape index (κ3) is 3.09. The summed E-state index contributed by atoms with van der Waals surface area (Å²) < 4.78 is 16.8. The minimum absolute atomic E-state index is 0.190. The number of rotatable bonds is 2. The molecule has 0 radical (unpaired) electrons. The summed E-state index contributed by atoms with van der Waals surface area (Å²) in [6.07, 6.45) is 2.69. The van der Waals surface area contributed by atoms with Gasteiger partial charge in [-0.3, -0.25) is 4.98 Å². The highest BCUT2D eigenvalue weighted by Crippen LogP contribution is 2.31. The van der Waals surface area contributed by atoms with E-state index in [0.717, 1.165) is 58.0 Å². The first kappa shape index (κ1) is 20.4. The molecule has 0 amide bonds. The summed E-state index contributed by atoms with van der Waals surface area (Å²) in [6, 6.07) is 5.62. The minimum Gasteiger partial charge on any atom is -0.351 e. The highest BCUT2D eigenvalue weighted by atomic mass is 19.1. The first-order chi connectivity index (χ1) is 15.2. The number of pyridine rings is 1. The lowest BCUT2D eigenvalue weighted by Crippen LogP contribution is -2.33. The number of hydrogen-bond donors (Lipinski definition) is 0. The molecule has 0 fully saturated rings. The van der Waals surface area contributed by atoms with Gasteiger partial charge >= 0.3 is 5.69 Å². The fraction of sp³-hybridized carbons (Fsp3) is 0.333. The van der Waals surface area contributed by atoms with E-state index in [1.807, 2.05) is 33.0 Å². The number of halogens is 1. The Morgan fingerprint density at radius 1 is 1.06 bits per heavy atom. The molecular formula is C24H25FN6O. The van der Waals surface area contributed by atoms with Gasteiger partial charge in [-0.15, -0.1) is 5.10 Å². The van der Waals surface area contributed by atoms with Crippen molar-refractivity contribution in [2.75, 3.05) is 11.4 Å². The molecule has 0 unspecified atom stereocenters. The molecule has 32 heavy (non-hydrogen) atoms. The molecule has 1 aromatic carbocycles. The van der Waals surface area contributed by atoms with Crippen LogP contribution in [0.15, 0.2) is 29.2 Å². The van der Waals surface area contributed by atoms with Crippen molar-refractivity contribution in [3.8, 4) is 11.1 Å². The van der Waals surface area contributed by atoms with Gasteiger partial charge in [-0.1, -0.05) is 0 Å². The van der Waals surface area contributed by atoms with Crippen LogP contribution in [0.25, 0.3) is 16.9 Å². The van der Waals surface area contributed by atoms with Gasteiger partial charge in [0.15, 0.2) is 0 Å². The third-order valence-electron chi connectivity index (χ3n) is 6.48. The monoisotopic (exact) mass is 432 g/mol. The Bertz CT molecular complexity index is 1450. The second-order valence-corrected chi connectivity index (χ2v) is 8.61. The quantitative estimate of drug-likeness (QED) is 0.486. The van der Waals surface area contributed by atoms with Crippen LogP contribution in [0, 0.1) is 33.5 Å². The standard InChI is InChI=1S/C24H25FN6O/c1-13-9-20(25)14(2)8-19(13)17-10-18-12-30(7-6-21(18)26-11-17)22-15(3)16(4)31-23(27-22)28-29(5)24(31)32/h8-11H,6-7,12H2,1-5H3. The van der Waals surface area contributed by atoms with Crippen LogP contribution < -0.4 is 10.6 Å². The molecule has 0 N–H and O–H groups in total. The summed E-state index contributed by atoms with van der Waals surface area (Å²) in [5.41, 5.74) is 7.32. The van der Waals surface area contributed by atoms with Crippen molar-refractivity contribution in [3.63, 3.8) is 0 Å². The topological polar surface area (TPSA) is 68.3 Å². The summed E-state index contributed by atoms with van der Waals surface area (Å²) in [7, 11) is 1.63. The minimum atomic E-state index is -0.192. The maximum atomic E-state index is 13.9. The van der Waals surface area contributed by atoms with E-state index in [1.54, 1.807) is 24.4 Å². The van der Waals surface area contributed by atoms with E-state index in [-0.39, 0.29) is 11.5 Å². The average Bonchev–Trinajstić information content (AvgIpc) is 3.06. The molecule has 4 heterocycles. The van der Waals surface area contributed by atoms with E-state index >= 15 is 0 Å². The largest absolute Gasteiger partial charge is 0.351 e. The summed E-state index contributed by atoms with van der Waals surface area (Å²) in [6.45, 7) is 9.06. The summed E-state index contributed by atoms with van der Waals surface area (Å²) >= 11 is 0. The summed E-state index contributed by atoms with van der Waals surface area (Å²) in [5, 5.41) is 4.28. The SMILES string of the molecule is Cc1cc(-c2cnc3c(c2)CN(c2nc4nn(C)c(=O)n4c(C)c2C)CC3)c(C)cc1F. The first-order valence-electron chi connectivity index (χ1n) is 10.7. The van der Waals surface area contributed by atoms with Gasteiger partial charge in [-0.05, 0) is 68.1 Å². The van der Waals surface area contributed by atoms with Crippen LogP contribution in [-0.2, 0) is 20.0 Å². The number of benzene rings is 1. The molecule has 1 aliphatic rings. The van der Waals surface area contributed by atoms with Crippen molar-refractivity contribution < 1.29 is 4.39 Å². The van der Waals surface area contributed by atoms with Gasteiger partial charge in [0.05, 0.1) is 0 Å². The maximum absolute atomic E-state index is 13.9. The fourth-order valence-corrected chi connectivity index (χ4v) is 4.48. The molecule has 0 saturated heterocycles. The number of anilines is 1. The Labute approximate surface area is 185 Å². The summed E-state index contributed by atoms with van der Waals surface area (Å²) in [4.78, 5) is 24.0. The van der Waals surface area contributed by atoms with Crippen LogP contribution in [0.3, 0.4) is 0 Å². The predicted octanol–water partition coefficient (Wildman–Crippen LogP) is 3.43. The average molecular weight is 433 g/mol. The van der Waals surface area contributed by atoms with Crippen LogP contribution in [-0.4, -0.2) is 30.7 Å². The number of nitrogens with zero attached hydrogens (tertiary/aromatic N) is 6. The lowest BCUT2D eigenvalue weighted by Gasteiger charge is -2.31. The van der Waals surface area contributed by atoms with E-state index in [2.05, 4.69) is 16.1 Å². The van der Waals surface area contributed by atoms with Crippen LogP contribution in [0.2, 0.25) is 0 Å². The van der Waals surface area contributed by atoms with E-state index in [9.17, 15) is 9.18 Å². The lowest BCUT2D eigenvalue weighted by atomic mass is 9.96. The molecule has 0 bridgehead atoms. The Balaban J connectivity index is 1.55. The highest BCUT2D eigenvalue weighted by molar-refractivity contribution is 5.68. The fourth-order valence-electron chi connectivity index (χ4n) is 4.48. The second kappa shape index (κ2) is 7.25. The second-order valence-electron chi connectivity index (χ2n) is 8.61. The molecule has 3 aromatic heterocycles. The van der Waals surface area contributed by atoms with Gasteiger partial charge in [0.1, 0.15) is 11.6 Å². The van der Waals surface area contributed by atoms with Crippen molar-refractivity contribution in [1.82, 2.24) is 24.1 Å². The molecule has 0 spiro atoms. The molecule has 0 atom stereocenters. The van der Waals surface area contributed by atoms with Crippen LogP contribution in [0.1, 0.15) is 33.6 Å². The third-order valence-corrected chi connectivity index (χ3v) is 6.48. The number of aryl methyl sites for hydroxylation is 4. The Morgan fingerprint density at radius 2 is 1.84 bits per heavy atom. The normalized spacial score (nSPS) is 13.6. The van der Waals surface area contributed by atoms with Gasteiger partial charge in [-0.25, -0.2) is 18.3 Å². The smallest absolute Gasteiger partial charge is 0.351 e. The molecule has 7 nitrogen and oxygen atoms in total. The molecule has 5 rings (SSSR count). The van der Waals surface area contributed by atoms with Gasteiger partial charge in [0.2, 0.25) is 0 Å². The lowest BCUT2D eigenvalue weighted by molar-refractivity contribution is 0.617. The van der Waals surface area contributed by atoms with Crippen LogP contribution >= 0.6 is 0 Å². The number of aromatic nitrogens is 5. The van der Waals surface area contributed by atoms with Crippen molar-refractivity contribution in [2.45, 2.75) is 40.7 Å². The maximum Gasteiger partial charge on any atom is 0.351 e. The summed E-state index contributed by atoms with van der Waals surface area (Å²) in [5.74, 6) is 1.06. The van der Waals surface area contributed by atoms with Gasteiger partial charge in [0.25, 0.3) is 5.78 Å². The number of hydrogen-bond acceptors (Lipinski definition) is 5. The van der Waals surface area contributed by atoms with Gasteiger partial charge in [-0.2, -0.15) is 4.98 Å². The predicted molar refractivity (Wildman–Crippen MR) is 122 cm³/mol. The van der Waals surface area contributed by atoms with Crippen LogP contribution in [0.4, 0.5) is 10.2 Å². The zero-order valence-electron chi connectivity index (χ0n) is 18.9. The molecule has 164 valence electrons. The van der Waals surface area contributed by atoms with E-state index in [0.29, 0.717) is 17.9 Å². The number of fused-ring (bicyclic) bond motifs is 2. The van der Waals surface area contributed by atoms with E-state index in [4.69, 9.17) is 9.97 Å². The highest BCUT2D eigenvalue weighted by Gasteiger charge is 2.23. The zero-order chi connectivity index (χ0) is 22.7. The molecule has 8 heteroatoms. The van der Waals surface area contributed by atoms with Gasteiger partial charge < -0.3 is 4.90 Å². The van der Waals surface area contributed by atoms with Crippen molar-refractivity contribution in [1.29, 1.82) is 0 Å². The van der Waals surface area contributed by atoms with Crippen molar-refractivity contribution in [3.05, 3.63) is 74.3 Å². The Kier molecular flexibility index (Phi) is 4.62.